The predicted octanol–water partition coefficient (Wildman–Crippen LogP) is 2.01. The van der Waals surface area contributed by atoms with Crippen molar-refractivity contribution in [2.75, 3.05) is 5.73 Å². The number of nitrogens with two attached hydrogens (primary N) is 1. The lowest BCUT2D eigenvalue weighted by molar-refractivity contribution is 0.112. The van der Waals surface area contributed by atoms with Gasteiger partial charge in [0.25, 0.3) is 0 Å². The van der Waals surface area contributed by atoms with Gasteiger partial charge in [-0.25, -0.2) is 0 Å². The third-order valence-corrected chi connectivity index (χ3v) is 2.98. The van der Waals surface area contributed by atoms with Crippen LogP contribution in [0.2, 0.25) is 0 Å². The van der Waals surface area contributed by atoms with Crippen LogP contribution < -0.4 is 5.73 Å². The van der Waals surface area contributed by atoms with Crippen LogP contribution >= 0.6 is 0 Å². The van der Waals surface area contributed by atoms with Crippen molar-refractivity contribution in [3.8, 4) is 0 Å². The number of carbonyl (C=O) groups is 1. The number of rotatable bonds is 3. The van der Waals surface area contributed by atoms with E-state index in [-0.39, 0.29) is 0 Å². The predicted molar refractivity (Wildman–Crippen MR) is 81.3 cm³/mol. The summed E-state index contributed by atoms with van der Waals surface area (Å²) in [4.78, 5) is 13.7. The molecule has 22 heavy (non-hydrogen) atoms. The van der Waals surface area contributed by atoms with Gasteiger partial charge in [0.1, 0.15) is 11.6 Å². The van der Waals surface area contributed by atoms with Gasteiger partial charge in [0.15, 0.2) is 6.29 Å². The molecule has 2 N–H and O–H groups in total. The Kier molecular flexibility index (Phi) is 5.02. The Morgan fingerprint density at radius 2 is 2.18 bits per heavy atom. The molecule has 3 aromatic rings. The summed E-state index contributed by atoms with van der Waals surface area (Å²) in [7, 11) is 0. The van der Waals surface area contributed by atoms with Crippen molar-refractivity contribution >= 4 is 12.1 Å². The third-order valence-electron chi connectivity index (χ3n) is 2.98. The van der Waals surface area contributed by atoms with E-state index in [0.29, 0.717) is 17.9 Å². The zero-order valence-corrected chi connectivity index (χ0v) is 12.4. The summed E-state index contributed by atoms with van der Waals surface area (Å²) < 4.78 is 6.82. The van der Waals surface area contributed by atoms with Crippen molar-refractivity contribution in [3.63, 3.8) is 0 Å². The van der Waals surface area contributed by atoms with Gasteiger partial charge in [0, 0.05) is 29.7 Å². The Morgan fingerprint density at radius 3 is 2.64 bits per heavy atom. The molecular weight excluding hydrogens is 282 g/mol. The van der Waals surface area contributed by atoms with Gasteiger partial charge in [0.2, 0.25) is 0 Å². The van der Waals surface area contributed by atoms with E-state index >= 15 is 0 Å². The molecule has 0 aromatic carbocycles. The monoisotopic (exact) mass is 299 g/mol. The summed E-state index contributed by atoms with van der Waals surface area (Å²) in [6.07, 6.45) is 5.76. The molecule has 0 bridgehead atoms. The minimum atomic E-state index is 0.525. The third kappa shape index (κ3) is 4.02. The Bertz CT molecular complexity index is 714. The number of aromatic nitrogens is 4. The van der Waals surface area contributed by atoms with Gasteiger partial charge in [-0.05, 0) is 32.0 Å². The molecule has 0 atom stereocenters. The maximum absolute atomic E-state index is 9.97. The number of hydrogen-bond donors (Lipinski definition) is 1. The van der Waals surface area contributed by atoms with Crippen LogP contribution in [0.15, 0.2) is 41.3 Å². The van der Waals surface area contributed by atoms with E-state index in [1.165, 1.54) is 6.20 Å². The van der Waals surface area contributed by atoms with Crippen molar-refractivity contribution in [2.45, 2.75) is 20.4 Å². The summed E-state index contributed by atoms with van der Waals surface area (Å²) in [6.45, 7) is 4.46. The second kappa shape index (κ2) is 7.16. The highest BCUT2D eigenvalue weighted by Gasteiger charge is 2.09. The number of anilines is 1. The van der Waals surface area contributed by atoms with Gasteiger partial charge < -0.3 is 10.3 Å². The average molecular weight is 299 g/mol. The summed E-state index contributed by atoms with van der Waals surface area (Å²) >= 11 is 0. The first kappa shape index (κ1) is 15.4. The van der Waals surface area contributed by atoms with Crippen LogP contribution in [0.5, 0.6) is 0 Å². The zero-order chi connectivity index (χ0) is 15.9. The number of nitrogen functional groups attached to an aromatic ring is 1. The van der Waals surface area contributed by atoms with Crippen LogP contribution in [-0.4, -0.2) is 26.2 Å². The fourth-order valence-corrected chi connectivity index (χ4v) is 1.80. The number of aryl methyl sites for hydroxylation is 2. The van der Waals surface area contributed by atoms with E-state index in [1.807, 2.05) is 20.0 Å². The van der Waals surface area contributed by atoms with Gasteiger partial charge in [-0.1, -0.05) is 5.16 Å². The molecule has 3 aromatic heterocycles. The summed E-state index contributed by atoms with van der Waals surface area (Å²) in [5.74, 6) is 1.35. The van der Waals surface area contributed by atoms with E-state index in [1.54, 1.807) is 29.1 Å². The number of carbonyl (C=O) groups excluding carboxylic acids is 1. The molecule has 7 nitrogen and oxygen atoms in total. The quantitative estimate of drug-likeness (QED) is 0.743. The molecule has 0 saturated heterocycles. The lowest BCUT2D eigenvalue weighted by atomic mass is 10.2. The van der Waals surface area contributed by atoms with Crippen molar-refractivity contribution < 1.29 is 9.32 Å². The van der Waals surface area contributed by atoms with Crippen molar-refractivity contribution in [2.24, 2.45) is 0 Å². The van der Waals surface area contributed by atoms with Crippen LogP contribution in [0.1, 0.15) is 27.4 Å². The molecule has 0 radical (unpaired) electrons. The lowest BCUT2D eigenvalue weighted by Crippen LogP contribution is -2.02. The van der Waals surface area contributed by atoms with Crippen LogP contribution in [0, 0.1) is 13.8 Å². The number of aldehydes is 1. The molecule has 0 spiro atoms. The largest absolute Gasteiger partial charge is 0.382 e. The van der Waals surface area contributed by atoms with Gasteiger partial charge in [-0.15, -0.1) is 0 Å². The molecular formula is C15H17N5O2. The Morgan fingerprint density at radius 1 is 1.36 bits per heavy atom. The fourth-order valence-electron chi connectivity index (χ4n) is 1.80. The standard InChI is InChI=1S/C9H12N4O.C6H5NO/c1-6-8(7(2)14-12-6)5-13-4-3-9(10)11-13;8-5-6-2-1-3-7-4-6/h3-4H,5H2,1-2H3,(H2,10,11);1-5H. The maximum Gasteiger partial charge on any atom is 0.151 e. The normalized spacial score (nSPS) is 9.91. The van der Waals surface area contributed by atoms with Gasteiger partial charge in [0.05, 0.1) is 12.2 Å². The SMILES string of the molecule is Cc1noc(C)c1Cn1ccc(N)n1.O=Cc1cccnc1. The fraction of sp³-hybridized carbons (Fsp3) is 0.200. The van der Waals surface area contributed by atoms with Gasteiger partial charge >= 0.3 is 0 Å². The van der Waals surface area contributed by atoms with Gasteiger partial charge in [-0.3, -0.25) is 14.5 Å². The molecule has 114 valence electrons. The van der Waals surface area contributed by atoms with Crippen LogP contribution in [0.4, 0.5) is 5.82 Å². The number of hydrogen-bond acceptors (Lipinski definition) is 6. The maximum atomic E-state index is 9.97. The molecule has 7 heteroatoms. The van der Waals surface area contributed by atoms with Gasteiger partial charge in [-0.2, -0.15) is 5.10 Å². The highest BCUT2D eigenvalue weighted by Crippen LogP contribution is 2.13. The van der Waals surface area contributed by atoms with Crippen LogP contribution in [0.3, 0.4) is 0 Å². The first-order chi connectivity index (χ1) is 10.6. The summed E-state index contributed by atoms with van der Waals surface area (Å²) in [5, 5.41) is 7.96. The molecule has 0 aliphatic rings. The second-order valence-electron chi connectivity index (χ2n) is 4.65. The van der Waals surface area contributed by atoms with Crippen molar-refractivity contribution in [1.29, 1.82) is 0 Å². The van der Waals surface area contributed by atoms with E-state index < -0.39 is 0 Å². The Balaban J connectivity index is 0.000000188. The number of pyridine rings is 1. The Labute approximate surface area is 127 Å². The number of nitrogens with zero attached hydrogens (tertiary/aromatic N) is 4. The first-order valence-electron chi connectivity index (χ1n) is 6.66. The summed E-state index contributed by atoms with van der Waals surface area (Å²) in [5.41, 5.74) is 8.09. The highest BCUT2D eigenvalue weighted by atomic mass is 16.5. The topological polar surface area (TPSA) is 99.8 Å². The summed E-state index contributed by atoms with van der Waals surface area (Å²) in [6, 6.07) is 5.20. The first-order valence-corrected chi connectivity index (χ1v) is 6.66. The van der Waals surface area contributed by atoms with E-state index in [9.17, 15) is 4.79 Å². The molecule has 0 fully saturated rings. The lowest BCUT2D eigenvalue weighted by Gasteiger charge is -1.99. The molecule has 0 saturated carbocycles. The molecule has 0 aliphatic heterocycles. The van der Waals surface area contributed by atoms with Crippen LogP contribution in [0.25, 0.3) is 0 Å². The molecule has 0 amide bonds. The van der Waals surface area contributed by atoms with Crippen molar-refractivity contribution in [3.05, 3.63) is 59.4 Å². The molecule has 0 aliphatic carbocycles. The van der Waals surface area contributed by atoms with Crippen LogP contribution in [-0.2, 0) is 6.54 Å². The highest BCUT2D eigenvalue weighted by molar-refractivity contribution is 5.73. The molecule has 0 unspecified atom stereocenters. The minimum absolute atomic E-state index is 0.525. The smallest absolute Gasteiger partial charge is 0.151 e. The molecule has 3 heterocycles. The molecule has 3 rings (SSSR count). The zero-order valence-electron chi connectivity index (χ0n) is 12.4. The van der Waals surface area contributed by atoms with E-state index in [2.05, 4.69) is 15.2 Å². The van der Waals surface area contributed by atoms with E-state index in [0.717, 1.165) is 23.3 Å². The minimum Gasteiger partial charge on any atom is -0.382 e. The Hall–Kier alpha value is -2.96. The van der Waals surface area contributed by atoms with Crippen molar-refractivity contribution in [1.82, 2.24) is 19.9 Å². The average Bonchev–Trinajstić information content (AvgIpc) is 3.09. The second-order valence-corrected chi connectivity index (χ2v) is 4.65. The van der Waals surface area contributed by atoms with E-state index in [4.69, 9.17) is 10.3 Å².